The Bertz CT molecular complexity index is 988. The average Bonchev–Trinajstić information content (AvgIpc) is 3.10. The minimum Gasteiger partial charge on any atom is -0.495 e. The van der Waals surface area contributed by atoms with Gasteiger partial charge in [0.25, 0.3) is 0 Å². The Kier molecular flexibility index (Phi) is 5.79. The van der Waals surface area contributed by atoms with Gasteiger partial charge in [-0.1, -0.05) is 12.1 Å². The molecule has 28 heavy (non-hydrogen) atoms. The number of thiophene rings is 1. The van der Waals surface area contributed by atoms with E-state index in [0.717, 1.165) is 10.1 Å². The number of benzene rings is 2. The van der Waals surface area contributed by atoms with Crippen molar-refractivity contribution < 1.29 is 28.5 Å². The molecule has 0 unspecified atom stereocenters. The van der Waals surface area contributed by atoms with Crippen LogP contribution in [0.3, 0.4) is 0 Å². The zero-order valence-corrected chi connectivity index (χ0v) is 17.1. The molecule has 1 heterocycles. The molecule has 0 radical (unpaired) electrons. The van der Waals surface area contributed by atoms with E-state index in [0.29, 0.717) is 39.2 Å². The molecule has 0 fully saturated rings. The number of esters is 1. The van der Waals surface area contributed by atoms with Gasteiger partial charge >= 0.3 is 5.97 Å². The zero-order chi connectivity index (χ0) is 20.3. The lowest BCUT2D eigenvalue weighted by molar-refractivity contribution is 0.0607. The standard InChI is InChI=1S/C20H21NO6S/c1-23-13-8-6-7-12-16(19(20(22)27-5)28-18(12)13)21-11-9-14(24-2)17(26-4)15(10-11)25-3/h6-10,21H,1-5H3. The van der Waals surface area contributed by atoms with E-state index in [4.69, 9.17) is 23.7 Å². The molecule has 7 nitrogen and oxygen atoms in total. The Morgan fingerprint density at radius 2 is 1.54 bits per heavy atom. The van der Waals surface area contributed by atoms with Crippen molar-refractivity contribution in [3.05, 3.63) is 35.2 Å². The Labute approximate surface area is 166 Å². The van der Waals surface area contributed by atoms with E-state index in [-0.39, 0.29) is 0 Å². The Morgan fingerprint density at radius 1 is 0.893 bits per heavy atom. The summed E-state index contributed by atoms with van der Waals surface area (Å²) in [4.78, 5) is 12.8. The maximum atomic E-state index is 12.4. The SMILES string of the molecule is COC(=O)c1sc2c(OC)cccc2c1Nc1cc(OC)c(OC)c(OC)c1. The molecular weight excluding hydrogens is 382 g/mol. The largest absolute Gasteiger partial charge is 0.495 e. The highest BCUT2D eigenvalue weighted by Gasteiger charge is 2.22. The van der Waals surface area contributed by atoms with Crippen molar-refractivity contribution in [1.29, 1.82) is 0 Å². The first-order valence-corrected chi connectivity index (χ1v) is 9.14. The number of carbonyl (C=O) groups is 1. The third-order valence-corrected chi connectivity index (χ3v) is 5.40. The van der Waals surface area contributed by atoms with Gasteiger partial charge in [0.1, 0.15) is 10.6 Å². The Morgan fingerprint density at radius 3 is 2.07 bits per heavy atom. The van der Waals surface area contributed by atoms with Crippen molar-refractivity contribution >= 4 is 38.8 Å². The number of anilines is 2. The average molecular weight is 403 g/mol. The summed E-state index contributed by atoms with van der Waals surface area (Å²) < 4.78 is 27.4. The molecule has 2 aromatic carbocycles. The van der Waals surface area contributed by atoms with Crippen LogP contribution in [0.5, 0.6) is 23.0 Å². The molecular formula is C20H21NO6S. The van der Waals surface area contributed by atoms with Crippen LogP contribution < -0.4 is 24.3 Å². The molecule has 3 rings (SSSR count). The molecule has 0 aliphatic rings. The van der Waals surface area contributed by atoms with Gasteiger partial charge in [-0.05, 0) is 6.07 Å². The molecule has 3 aromatic rings. The second-order valence-corrected chi connectivity index (χ2v) is 6.69. The van der Waals surface area contributed by atoms with E-state index >= 15 is 0 Å². The lowest BCUT2D eigenvalue weighted by Gasteiger charge is -2.15. The topological polar surface area (TPSA) is 75.3 Å². The van der Waals surface area contributed by atoms with Crippen molar-refractivity contribution in [2.24, 2.45) is 0 Å². The predicted octanol–water partition coefficient (Wildman–Crippen LogP) is 4.47. The van der Waals surface area contributed by atoms with Gasteiger partial charge in [-0.3, -0.25) is 0 Å². The fourth-order valence-electron chi connectivity index (χ4n) is 2.91. The van der Waals surface area contributed by atoms with Gasteiger partial charge in [-0.15, -0.1) is 11.3 Å². The Hall–Kier alpha value is -3.13. The summed E-state index contributed by atoms with van der Waals surface area (Å²) in [6.07, 6.45) is 0. The number of fused-ring (bicyclic) bond motifs is 1. The molecule has 0 amide bonds. The number of carbonyl (C=O) groups excluding carboxylic acids is 1. The highest BCUT2D eigenvalue weighted by atomic mass is 32.1. The van der Waals surface area contributed by atoms with E-state index in [2.05, 4.69) is 5.32 Å². The summed E-state index contributed by atoms with van der Waals surface area (Å²) in [7, 11) is 7.59. The molecule has 0 spiro atoms. The normalized spacial score (nSPS) is 10.5. The summed E-state index contributed by atoms with van der Waals surface area (Å²) in [5.74, 6) is 1.74. The molecule has 0 aliphatic heterocycles. The van der Waals surface area contributed by atoms with Gasteiger partial charge in [-0.2, -0.15) is 0 Å². The molecule has 0 saturated carbocycles. The van der Waals surface area contributed by atoms with Gasteiger partial charge in [0.05, 0.1) is 45.9 Å². The van der Waals surface area contributed by atoms with E-state index in [1.165, 1.54) is 18.4 Å². The molecule has 0 aliphatic carbocycles. The predicted molar refractivity (Wildman–Crippen MR) is 109 cm³/mol. The van der Waals surface area contributed by atoms with Gasteiger partial charge in [0, 0.05) is 23.2 Å². The van der Waals surface area contributed by atoms with E-state index < -0.39 is 5.97 Å². The van der Waals surface area contributed by atoms with E-state index in [9.17, 15) is 4.79 Å². The van der Waals surface area contributed by atoms with Gasteiger partial charge in [0.15, 0.2) is 11.5 Å². The molecule has 1 N–H and O–H groups in total. The summed E-state index contributed by atoms with van der Waals surface area (Å²) in [5, 5.41) is 4.15. The summed E-state index contributed by atoms with van der Waals surface area (Å²) in [5.41, 5.74) is 1.29. The molecule has 0 bridgehead atoms. The number of hydrogen-bond donors (Lipinski definition) is 1. The third-order valence-electron chi connectivity index (χ3n) is 4.20. The molecule has 0 atom stereocenters. The first-order valence-electron chi connectivity index (χ1n) is 8.32. The summed E-state index contributed by atoms with van der Waals surface area (Å²) in [6, 6.07) is 9.18. The fourth-order valence-corrected chi connectivity index (χ4v) is 4.08. The van der Waals surface area contributed by atoms with Crippen molar-refractivity contribution in [3.63, 3.8) is 0 Å². The van der Waals surface area contributed by atoms with Crippen LogP contribution in [-0.4, -0.2) is 41.5 Å². The van der Waals surface area contributed by atoms with Crippen molar-refractivity contribution in [3.8, 4) is 23.0 Å². The van der Waals surface area contributed by atoms with Crippen LogP contribution >= 0.6 is 11.3 Å². The highest BCUT2D eigenvalue weighted by Crippen LogP contribution is 2.45. The third kappa shape index (κ3) is 3.38. The van der Waals surface area contributed by atoms with E-state index in [1.54, 1.807) is 40.6 Å². The number of ether oxygens (including phenoxy) is 5. The van der Waals surface area contributed by atoms with E-state index in [1.807, 2.05) is 18.2 Å². The maximum absolute atomic E-state index is 12.4. The molecule has 0 saturated heterocycles. The lowest BCUT2D eigenvalue weighted by Crippen LogP contribution is -2.03. The van der Waals surface area contributed by atoms with Gasteiger partial charge in [0.2, 0.25) is 5.75 Å². The minimum absolute atomic E-state index is 0.432. The zero-order valence-electron chi connectivity index (χ0n) is 16.2. The van der Waals surface area contributed by atoms with Crippen molar-refractivity contribution in [1.82, 2.24) is 0 Å². The molecule has 148 valence electrons. The summed E-state index contributed by atoms with van der Waals surface area (Å²) in [6.45, 7) is 0. The van der Waals surface area contributed by atoms with Crippen LogP contribution in [-0.2, 0) is 4.74 Å². The summed E-state index contributed by atoms with van der Waals surface area (Å²) >= 11 is 1.31. The number of rotatable bonds is 7. The van der Waals surface area contributed by atoms with Crippen LogP contribution in [0.1, 0.15) is 9.67 Å². The second kappa shape index (κ2) is 8.26. The van der Waals surface area contributed by atoms with Crippen LogP contribution in [0, 0.1) is 0 Å². The Balaban J connectivity index is 2.18. The second-order valence-electron chi connectivity index (χ2n) is 5.67. The van der Waals surface area contributed by atoms with Crippen LogP contribution in [0.25, 0.3) is 10.1 Å². The van der Waals surface area contributed by atoms with Gasteiger partial charge < -0.3 is 29.0 Å². The van der Waals surface area contributed by atoms with Crippen LogP contribution in [0.2, 0.25) is 0 Å². The van der Waals surface area contributed by atoms with Crippen LogP contribution in [0.15, 0.2) is 30.3 Å². The first-order chi connectivity index (χ1) is 13.6. The number of hydrogen-bond acceptors (Lipinski definition) is 8. The molecule has 8 heteroatoms. The molecule has 1 aromatic heterocycles. The van der Waals surface area contributed by atoms with Crippen LogP contribution in [0.4, 0.5) is 11.4 Å². The first kappa shape index (κ1) is 19.6. The smallest absolute Gasteiger partial charge is 0.350 e. The fraction of sp³-hybridized carbons (Fsp3) is 0.250. The highest BCUT2D eigenvalue weighted by molar-refractivity contribution is 7.22. The lowest BCUT2D eigenvalue weighted by atomic mass is 10.2. The quantitative estimate of drug-likeness (QED) is 0.584. The number of nitrogens with one attached hydrogen (secondary N) is 1. The van der Waals surface area contributed by atoms with Crippen molar-refractivity contribution in [2.75, 3.05) is 40.9 Å². The van der Waals surface area contributed by atoms with Crippen molar-refractivity contribution in [2.45, 2.75) is 0 Å². The van der Waals surface area contributed by atoms with Gasteiger partial charge in [-0.25, -0.2) is 4.79 Å². The maximum Gasteiger partial charge on any atom is 0.350 e. The monoisotopic (exact) mass is 403 g/mol. The minimum atomic E-state index is -0.432. The number of methoxy groups -OCH3 is 5.